The Morgan fingerprint density at radius 1 is 1.03 bits per heavy atom. The molecule has 0 atom stereocenters. The van der Waals surface area contributed by atoms with E-state index in [-0.39, 0.29) is 0 Å². The van der Waals surface area contributed by atoms with Crippen LogP contribution < -0.4 is 15.2 Å². The van der Waals surface area contributed by atoms with Gasteiger partial charge in [-0.05, 0) is 48.9 Å². The number of aromatic nitrogens is 4. The molecule has 2 aliphatic rings. The number of anilines is 1. The van der Waals surface area contributed by atoms with Crippen LogP contribution in [0.1, 0.15) is 11.1 Å². The summed E-state index contributed by atoms with van der Waals surface area (Å²) in [5.74, 6) is 2.56. The van der Waals surface area contributed by atoms with E-state index in [1.54, 1.807) is 20.5 Å². The minimum atomic E-state index is 0.369. The molecule has 0 aliphatic carbocycles. The topological polar surface area (TPSA) is 88.1 Å². The standard InChI is InChI=1S/C22H23N5O2S/c1-14-4-6-15(7-5-14)10-11-27-13-24-20(23)19-21(27)26-22(25-19)30-18-12-16(28-2)8-9-17(18)29-3/h4-9,12-13H,10-11,23H2,1-3H3. The van der Waals surface area contributed by atoms with Gasteiger partial charge in [-0.25, -0.2) is 15.0 Å². The third-order valence-corrected chi connectivity index (χ3v) is 5.71. The van der Waals surface area contributed by atoms with E-state index in [0.717, 1.165) is 35.2 Å². The Morgan fingerprint density at radius 3 is 2.57 bits per heavy atom. The lowest BCUT2D eigenvalue weighted by atomic mass is 10.1. The van der Waals surface area contributed by atoms with E-state index in [1.807, 2.05) is 22.8 Å². The van der Waals surface area contributed by atoms with Crippen molar-refractivity contribution in [2.24, 2.45) is 0 Å². The van der Waals surface area contributed by atoms with Crippen LogP contribution >= 0.6 is 11.8 Å². The van der Waals surface area contributed by atoms with Gasteiger partial charge in [-0.2, -0.15) is 0 Å². The molecule has 4 rings (SSSR count). The molecule has 2 aromatic carbocycles. The first-order valence-corrected chi connectivity index (χ1v) is 10.3. The van der Waals surface area contributed by atoms with Crippen molar-refractivity contribution in [3.8, 4) is 23.0 Å². The molecular formula is C22H23N5O2S. The summed E-state index contributed by atoms with van der Waals surface area (Å²) in [6.45, 7) is 2.82. The summed E-state index contributed by atoms with van der Waals surface area (Å²) in [6, 6.07) is 14.1. The molecule has 0 unspecified atom stereocenters. The molecule has 0 spiro atoms. The van der Waals surface area contributed by atoms with Crippen LogP contribution in [0.4, 0.5) is 5.82 Å². The number of imidazole rings is 1. The Labute approximate surface area is 179 Å². The van der Waals surface area contributed by atoms with Crippen LogP contribution in [0.5, 0.6) is 11.5 Å². The summed E-state index contributed by atoms with van der Waals surface area (Å²) in [5, 5.41) is 0.584. The average molecular weight is 422 g/mol. The fraction of sp³-hybridized carbons (Fsp3) is 0.227. The molecule has 0 fully saturated rings. The van der Waals surface area contributed by atoms with Crippen LogP contribution in [0, 0.1) is 6.92 Å². The maximum absolute atomic E-state index is 6.08. The number of nitrogen functional groups attached to an aromatic ring is 1. The predicted molar refractivity (Wildman–Crippen MR) is 117 cm³/mol. The maximum atomic E-state index is 6.08. The van der Waals surface area contributed by atoms with Crippen molar-refractivity contribution in [1.82, 2.24) is 19.5 Å². The highest BCUT2D eigenvalue weighted by molar-refractivity contribution is 7.99. The first-order chi connectivity index (χ1) is 14.6. The van der Waals surface area contributed by atoms with Gasteiger partial charge in [-0.3, -0.25) is 0 Å². The van der Waals surface area contributed by atoms with Crippen molar-refractivity contribution < 1.29 is 9.47 Å². The Bertz CT molecular complexity index is 1130. The molecule has 154 valence electrons. The van der Waals surface area contributed by atoms with Gasteiger partial charge in [-0.1, -0.05) is 29.8 Å². The molecule has 7 nitrogen and oxygen atoms in total. The van der Waals surface area contributed by atoms with Gasteiger partial charge in [0, 0.05) is 6.54 Å². The van der Waals surface area contributed by atoms with E-state index in [9.17, 15) is 0 Å². The third-order valence-electron chi connectivity index (χ3n) is 4.81. The highest BCUT2D eigenvalue weighted by atomic mass is 32.2. The first kappa shape index (κ1) is 20.0. The van der Waals surface area contributed by atoms with Gasteiger partial charge in [0.05, 0.1) is 25.4 Å². The van der Waals surface area contributed by atoms with Gasteiger partial charge in [-0.15, -0.1) is 0 Å². The molecule has 30 heavy (non-hydrogen) atoms. The monoisotopic (exact) mass is 421 g/mol. The number of methoxy groups -OCH3 is 2. The summed E-state index contributed by atoms with van der Waals surface area (Å²) in [7, 11) is 3.27. The van der Waals surface area contributed by atoms with Gasteiger partial charge in [0.1, 0.15) is 11.5 Å². The lowest BCUT2D eigenvalue weighted by Gasteiger charge is -2.11. The summed E-state index contributed by atoms with van der Waals surface area (Å²) in [5.41, 5.74) is 9.19. The van der Waals surface area contributed by atoms with Gasteiger partial charge < -0.3 is 19.8 Å². The Morgan fingerprint density at radius 2 is 1.83 bits per heavy atom. The average Bonchev–Trinajstić information content (AvgIpc) is 3.19. The van der Waals surface area contributed by atoms with Crippen LogP contribution in [-0.2, 0) is 13.0 Å². The number of nitrogens with two attached hydrogens (primary N) is 1. The van der Waals surface area contributed by atoms with E-state index >= 15 is 0 Å². The second-order valence-electron chi connectivity index (χ2n) is 6.86. The van der Waals surface area contributed by atoms with E-state index in [0.29, 0.717) is 16.7 Å². The summed E-state index contributed by atoms with van der Waals surface area (Å²) in [4.78, 5) is 14.5. The van der Waals surface area contributed by atoms with Crippen LogP contribution in [0.15, 0.2) is 58.8 Å². The van der Waals surface area contributed by atoms with E-state index in [2.05, 4.69) is 41.2 Å². The smallest absolute Gasteiger partial charge is 0.195 e. The first-order valence-electron chi connectivity index (χ1n) is 9.51. The zero-order chi connectivity index (χ0) is 21.1. The van der Waals surface area contributed by atoms with Gasteiger partial charge in [0.25, 0.3) is 0 Å². The third kappa shape index (κ3) is 4.18. The maximum Gasteiger partial charge on any atom is 0.195 e. The number of hydrogen-bond donors (Lipinski definition) is 1. The number of benzene rings is 2. The van der Waals surface area contributed by atoms with Crippen LogP contribution in [0.25, 0.3) is 11.5 Å². The molecule has 2 heterocycles. The van der Waals surface area contributed by atoms with Crippen molar-refractivity contribution in [3.05, 3.63) is 59.9 Å². The molecule has 0 saturated heterocycles. The van der Waals surface area contributed by atoms with Crippen molar-refractivity contribution in [3.63, 3.8) is 0 Å². The summed E-state index contributed by atoms with van der Waals surface area (Å²) < 4.78 is 12.8. The molecule has 8 heteroatoms. The molecule has 0 saturated carbocycles. The SMILES string of the molecule is COc1ccc(OC)c(Sc2nc3c(N)ncn(CCc4ccc(C)cc4)c-3n2)c1. The van der Waals surface area contributed by atoms with Gasteiger partial charge >= 0.3 is 0 Å². The molecule has 0 aromatic heterocycles. The minimum Gasteiger partial charge on any atom is -0.497 e. The molecule has 2 aliphatic heterocycles. The highest BCUT2D eigenvalue weighted by Gasteiger charge is 2.20. The van der Waals surface area contributed by atoms with Crippen LogP contribution in [0.2, 0.25) is 0 Å². The van der Waals surface area contributed by atoms with E-state index < -0.39 is 0 Å². The summed E-state index contributed by atoms with van der Waals surface area (Å²) >= 11 is 1.40. The van der Waals surface area contributed by atoms with Crippen LogP contribution in [-0.4, -0.2) is 33.7 Å². The highest BCUT2D eigenvalue weighted by Crippen LogP contribution is 2.38. The quantitative estimate of drug-likeness (QED) is 0.481. The Hall–Kier alpha value is -3.26. The number of aryl methyl sites for hydroxylation is 3. The largest absolute Gasteiger partial charge is 0.497 e. The van der Waals surface area contributed by atoms with Crippen molar-refractivity contribution in [1.29, 1.82) is 0 Å². The fourth-order valence-electron chi connectivity index (χ4n) is 3.11. The minimum absolute atomic E-state index is 0.369. The summed E-state index contributed by atoms with van der Waals surface area (Å²) in [6.07, 6.45) is 2.59. The Balaban J connectivity index is 1.62. The molecule has 0 radical (unpaired) electrons. The fourth-order valence-corrected chi connectivity index (χ4v) is 4.00. The molecule has 2 N–H and O–H groups in total. The number of nitrogens with zero attached hydrogens (tertiary/aromatic N) is 4. The van der Waals surface area contributed by atoms with Gasteiger partial charge in [0.15, 0.2) is 22.5 Å². The second-order valence-corrected chi connectivity index (χ2v) is 7.87. The van der Waals surface area contributed by atoms with Crippen molar-refractivity contribution in [2.45, 2.75) is 29.9 Å². The van der Waals surface area contributed by atoms with Gasteiger partial charge in [0.2, 0.25) is 0 Å². The van der Waals surface area contributed by atoms with E-state index in [1.165, 1.54) is 22.9 Å². The lowest BCUT2D eigenvalue weighted by molar-refractivity contribution is 0.394. The zero-order valence-corrected chi connectivity index (χ0v) is 17.9. The number of hydrogen-bond acceptors (Lipinski definition) is 7. The van der Waals surface area contributed by atoms with E-state index in [4.69, 9.17) is 20.2 Å². The van der Waals surface area contributed by atoms with Crippen molar-refractivity contribution in [2.75, 3.05) is 20.0 Å². The molecule has 2 aromatic rings. The zero-order valence-electron chi connectivity index (χ0n) is 17.1. The number of rotatable bonds is 7. The molecule has 0 amide bonds. The second kappa shape index (κ2) is 8.62. The molecule has 0 bridgehead atoms. The molecular weight excluding hydrogens is 398 g/mol. The lowest BCUT2D eigenvalue weighted by Crippen LogP contribution is -2.09. The number of fused-ring (bicyclic) bond motifs is 1. The van der Waals surface area contributed by atoms with Crippen molar-refractivity contribution >= 4 is 17.6 Å². The normalized spacial score (nSPS) is 11.0. The number of ether oxygens (including phenoxy) is 2. The predicted octanol–water partition coefficient (Wildman–Crippen LogP) is 4.08. The Kier molecular flexibility index (Phi) is 5.76. The van der Waals surface area contributed by atoms with Crippen LogP contribution in [0.3, 0.4) is 0 Å².